The molecular weight excluding hydrogens is 361 g/mol. The fourth-order valence-corrected chi connectivity index (χ4v) is 3.32. The summed E-state index contributed by atoms with van der Waals surface area (Å²) in [5.74, 6) is 1.01. The van der Waals surface area contributed by atoms with Crippen LogP contribution < -0.4 is 0 Å². The highest BCUT2D eigenvalue weighted by Gasteiger charge is 2.24. The molecule has 0 aliphatic heterocycles. The maximum atomic E-state index is 6.23. The number of halogens is 3. The van der Waals surface area contributed by atoms with Gasteiger partial charge in [0.15, 0.2) is 5.82 Å². The van der Waals surface area contributed by atoms with Crippen molar-refractivity contribution in [2.24, 2.45) is 0 Å². The van der Waals surface area contributed by atoms with E-state index in [0.717, 1.165) is 23.0 Å². The standard InChI is InChI=1S/C14H12BrCl2N3/c15-11-12(8-3-1-2-4-8)19-14(20-13(11)17)10-6-5-9(16)7-18-10/h5-8H,1-4H2. The summed E-state index contributed by atoms with van der Waals surface area (Å²) in [6.07, 6.45) is 6.38. The Balaban J connectivity index is 2.05. The molecule has 104 valence electrons. The first-order valence-electron chi connectivity index (χ1n) is 6.50. The predicted octanol–water partition coefficient (Wildman–Crippen LogP) is 5.27. The minimum atomic E-state index is 0.439. The van der Waals surface area contributed by atoms with E-state index in [1.165, 1.54) is 12.8 Å². The molecule has 0 spiro atoms. The van der Waals surface area contributed by atoms with Gasteiger partial charge in [-0.15, -0.1) is 0 Å². The SMILES string of the molecule is Clc1ccc(-c2nc(Cl)c(Br)c(C3CCCC3)n2)nc1. The van der Waals surface area contributed by atoms with E-state index in [1.807, 2.05) is 0 Å². The number of hydrogen-bond acceptors (Lipinski definition) is 3. The lowest BCUT2D eigenvalue weighted by atomic mass is 10.0. The van der Waals surface area contributed by atoms with Crippen molar-refractivity contribution in [3.8, 4) is 11.5 Å². The van der Waals surface area contributed by atoms with Crippen LogP contribution >= 0.6 is 39.1 Å². The Kier molecular flexibility index (Phi) is 4.24. The summed E-state index contributed by atoms with van der Waals surface area (Å²) in [4.78, 5) is 13.2. The van der Waals surface area contributed by atoms with Gasteiger partial charge in [-0.2, -0.15) is 0 Å². The Labute approximate surface area is 135 Å². The van der Waals surface area contributed by atoms with Crippen molar-refractivity contribution in [3.63, 3.8) is 0 Å². The molecule has 1 aliphatic carbocycles. The third kappa shape index (κ3) is 2.83. The second-order valence-electron chi connectivity index (χ2n) is 4.88. The molecule has 0 bridgehead atoms. The van der Waals surface area contributed by atoms with E-state index in [2.05, 4.69) is 30.9 Å². The molecule has 2 aromatic heterocycles. The fraction of sp³-hybridized carbons (Fsp3) is 0.357. The van der Waals surface area contributed by atoms with Crippen molar-refractivity contribution in [1.29, 1.82) is 0 Å². The first-order valence-corrected chi connectivity index (χ1v) is 8.05. The normalized spacial score (nSPS) is 15.8. The smallest absolute Gasteiger partial charge is 0.179 e. The van der Waals surface area contributed by atoms with Gasteiger partial charge in [-0.1, -0.05) is 36.0 Å². The number of aromatic nitrogens is 3. The summed E-state index contributed by atoms with van der Waals surface area (Å²) >= 11 is 15.6. The topological polar surface area (TPSA) is 38.7 Å². The maximum absolute atomic E-state index is 6.23. The fourth-order valence-electron chi connectivity index (χ4n) is 2.53. The van der Waals surface area contributed by atoms with Crippen molar-refractivity contribution in [2.75, 3.05) is 0 Å². The van der Waals surface area contributed by atoms with Gasteiger partial charge in [-0.3, -0.25) is 4.98 Å². The molecule has 0 saturated heterocycles. The Bertz CT molecular complexity index is 625. The zero-order valence-electron chi connectivity index (χ0n) is 10.6. The third-order valence-corrected chi connectivity index (χ3v) is 5.04. The van der Waals surface area contributed by atoms with Crippen molar-refractivity contribution in [3.05, 3.63) is 38.7 Å². The molecule has 0 amide bonds. The molecule has 0 unspecified atom stereocenters. The molecule has 3 rings (SSSR count). The van der Waals surface area contributed by atoms with Gasteiger partial charge >= 0.3 is 0 Å². The summed E-state index contributed by atoms with van der Waals surface area (Å²) in [5, 5.41) is 1.03. The molecule has 2 aromatic rings. The van der Waals surface area contributed by atoms with Crippen LogP contribution in [0.1, 0.15) is 37.3 Å². The second kappa shape index (κ2) is 5.96. The van der Waals surface area contributed by atoms with Crippen LogP contribution in [0.2, 0.25) is 10.2 Å². The lowest BCUT2D eigenvalue weighted by Crippen LogP contribution is -2.03. The predicted molar refractivity (Wildman–Crippen MR) is 84.2 cm³/mol. The van der Waals surface area contributed by atoms with E-state index >= 15 is 0 Å². The van der Waals surface area contributed by atoms with Gasteiger partial charge in [-0.25, -0.2) is 9.97 Å². The molecule has 6 heteroatoms. The van der Waals surface area contributed by atoms with E-state index in [-0.39, 0.29) is 0 Å². The lowest BCUT2D eigenvalue weighted by Gasteiger charge is -2.13. The number of rotatable bonds is 2. The summed E-state index contributed by atoms with van der Waals surface area (Å²) in [7, 11) is 0. The molecule has 2 heterocycles. The summed E-state index contributed by atoms with van der Waals surface area (Å²) < 4.78 is 0.809. The van der Waals surface area contributed by atoms with Crippen molar-refractivity contribution in [1.82, 2.24) is 15.0 Å². The highest BCUT2D eigenvalue weighted by atomic mass is 79.9. The summed E-state index contributed by atoms with van der Waals surface area (Å²) in [5.41, 5.74) is 1.68. The van der Waals surface area contributed by atoms with Gasteiger partial charge in [-0.05, 0) is 40.9 Å². The minimum Gasteiger partial charge on any atom is -0.251 e. The van der Waals surface area contributed by atoms with Crippen LogP contribution in [0.25, 0.3) is 11.5 Å². The zero-order valence-corrected chi connectivity index (χ0v) is 13.7. The van der Waals surface area contributed by atoms with E-state index in [4.69, 9.17) is 23.2 Å². The average Bonchev–Trinajstić information content (AvgIpc) is 2.96. The van der Waals surface area contributed by atoms with Crippen LogP contribution in [-0.4, -0.2) is 15.0 Å². The van der Waals surface area contributed by atoms with E-state index in [0.29, 0.717) is 27.6 Å². The van der Waals surface area contributed by atoms with Crippen LogP contribution in [-0.2, 0) is 0 Å². The Morgan fingerprint density at radius 2 is 1.85 bits per heavy atom. The van der Waals surface area contributed by atoms with Crippen molar-refractivity contribution < 1.29 is 0 Å². The summed E-state index contributed by atoms with van der Waals surface area (Å²) in [6, 6.07) is 3.58. The Hall–Kier alpha value is -0.710. The molecule has 1 aliphatic rings. The number of nitrogens with zero attached hydrogens (tertiary/aromatic N) is 3. The van der Waals surface area contributed by atoms with Crippen LogP contribution in [0.15, 0.2) is 22.8 Å². The Morgan fingerprint density at radius 1 is 1.10 bits per heavy atom. The van der Waals surface area contributed by atoms with Gasteiger partial charge in [0.25, 0.3) is 0 Å². The van der Waals surface area contributed by atoms with Gasteiger partial charge in [0.05, 0.1) is 15.2 Å². The molecular formula is C14H12BrCl2N3. The van der Waals surface area contributed by atoms with Crippen molar-refractivity contribution in [2.45, 2.75) is 31.6 Å². The highest BCUT2D eigenvalue weighted by molar-refractivity contribution is 9.10. The average molecular weight is 373 g/mol. The van der Waals surface area contributed by atoms with Gasteiger partial charge in [0.2, 0.25) is 0 Å². The number of hydrogen-bond donors (Lipinski definition) is 0. The Morgan fingerprint density at radius 3 is 2.50 bits per heavy atom. The van der Waals surface area contributed by atoms with Crippen LogP contribution in [0.4, 0.5) is 0 Å². The van der Waals surface area contributed by atoms with Crippen LogP contribution in [0.5, 0.6) is 0 Å². The minimum absolute atomic E-state index is 0.439. The van der Waals surface area contributed by atoms with Crippen molar-refractivity contribution >= 4 is 39.1 Å². The molecule has 0 atom stereocenters. The highest BCUT2D eigenvalue weighted by Crippen LogP contribution is 2.39. The molecule has 0 radical (unpaired) electrons. The first-order chi connectivity index (χ1) is 9.65. The molecule has 0 aromatic carbocycles. The third-order valence-electron chi connectivity index (χ3n) is 3.53. The van der Waals surface area contributed by atoms with Crippen LogP contribution in [0.3, 0.4) is 0 Å². The summed E-state index contributed by atoms with van der Waals surface area (Å²) in [6.45, 7) is 0. The lowest BCUT2D eigenvalue weighted by molar-refractivity contribution is 0.690. The molecule has 0 N–H and O–H groups in total. The maximum Gasteiger partial charge on any atom is 0.179 e. The molecule has 3 nitrogen and oxygen atoms in total. The molecule has 1 fully saturated rings. The van der Waals surface area contributed by atoms with E-state index in [1.54, 1.807) is 18.3 Å². The number of pyridine rings is 1. The van der Waals surface area contributed by atoms with Gasteiger partial charge in [0.1, 0.15) is 10.8 Å². The van der Waals surface area contributed by atoms with Gasteiger partial charge < -0.3 is 0 Å². The van der Waals surface area contributed by atoms with E-state index in [9.17, 15) is 0 Å². The quantitative estimate of drug-likeness (QED) is 0.674. The second-order valence-corrected chi connectivity index (χ2v) is 6.47. The molecule has 20 heavy (non-hydrogen) atoms. The van der Waals surface area contributed by atoms with Gasteiger partial charge in [0, 0.05) is 12.1 Å². The largest absolute Gasteiger partial charge is 0.251 e. The van der Waals surface area contributed by atoms with Crippen LogP contribution in [0, 0.1) is 0 Å². The monoisotopic (exact) mass is 371 g/mol. The first kappa shape index (κ1) is 14.2. The van der Waals surface area contributed by atoms with E-state index < -0.39 is 0 Å². The zero-order chi connectivity index (χ0) is 14.1. The molecule has 1 saturated carbocycles.